The van der Waals surface area contributed by atoms with Gasteiger partial charge in [-0.05, 0) is 13.0 Å². The Bertz CT molecular complexity index is 672. The van der Waals surface area contributed by atoms with E-state index >= 15 is 0 Å². The summed E-state index contributed by atoms with van der Waals surface area (Å²) in [6.45, 7) is 3.07. The molecule has 0 spiro atoms. The average Bonchev–Trinajstić information content (AvgIpc) is 3.08. The van der Waals surface area contributed by atoms with E-state index in [9.17, 15) is 9.59 Å². The van der Waals surface area contributed by atoms with Gasteiger partial charge in [0.05, 0.1) is 30.7 Å². The van der Waals surface area contributed by atoms with Crippen molar-refractivity contribution in [2.24, 2.45) is 7.05 Å². The number of rotatable bonds is 7. The van der Waals surface area contributed by atoms with E-state index in [1.807, 2.05) is 20.0 Å². The van der Waals surface area contributed by atoms with E-state index in [4.69, 9.17) is 4.74 Å². The minimum absolute atomic E-state index is 0.105. The number of thiophene rings is 1. The fourth-order valence-electron chi connectivity index (χ4n) is 2.31. The van der Waals surface area contributed by atoms with Crippen LogP contribution in [-0.2, 0) is 21.3 Å². The van der Waals surface area contributed by atoms with Crippen LogP contribution in [0.2, 0.25) is 0 Å². The van der Waals surface area contributed by atoms with Crippen molar-refractivity contribution in [2.75, 3.05) is 33.9 Å². The maximum absolute atomic E-state index is 12.7. The molecule has 0 saturated carbocycles. The van der Waals surface area contributed by atoms with Gasteiger partial charge in [0.25, 0.3) is 5.91 Å². The third-order valence-electron chi connectivity index (χ3n) is 3.57. The molecule has 0 aliphatic carbocycles. The summed E-state index contributed by atoms with van der Waals surface area (Å²) in [6, 6.07) is 1.86. The molecule has 126 valence electrons. The Labute approximate surface area is 138 Å². The highest BCUT2D eigenvalue weighted by Crippen LogP contribution is 2.28. The fraction of sp³-hybridized carbons (Fsp3) is 0.533. The molecule has 0 N–H and O–H groups in total. The molecule has 0 saturated heterocycles. The van der Waals surface area contributed by atoms with Crippen molar-refractivity contribution < 1.29 is 19.1 Å². The monoisotopic (exact) mass is 339 g/mol. The van der Waals surface area contributed by atoms with Gasteiger partial charge in [0, 0.05) is 32.6 Å². The molecule has 7 nitrogen and oxygen atoms in total. The summed E-state index contributed by atoms with van der Waals surface area (Å²) in [4.78, 5) is 27.3. The molecular weight excluding hydrogens is 318 g/mol. The number of aryl methyl sites for hydroxylation is 2. The Morgan fingerprint density at radius 3 is 2.70 bits per heavy atom. The molecule has 0 aliphatic rings. The maximum Gasteiger partial charge on any atom is 0.307 e. The van der Waals surface area contributed by atoms with Gasteiger partial charge >= 0.3 is 5.97 Å². The topological polar surface area (TPSA) is 73.7 Å². The zero-order chi connectivity index (χ0) is 17.0. The van der Waals surface area contributed by atoms with Gasteiger partial charge < -0.3 is 14.4 Å². The lowest BCUT2D eigenvalue weighted by molar-refractivity contribution is -0.140. The van der Waals surface area contributed by atoms with Crippen molar-refractivity contribution in [1.29, 1.82) is 0 Å². The van der Waals surface area contributed by atoms with Crippen LogP contribution in [0.1, 0.15) is 21.8 Å². The number of methoxy groups -OCH3 is 2. The first-order valence-corrected chi connectivity index (χ1v) is 8.07. The Balaban J connectivity index is 2.19. The van der Waals surface area contributed by atoms with E-state index in [0.717, 1.165) is 15.9 Å². The number of carbonyl (C=O) groups excluding carboxylic acids is 2. The number of esters is 1. The normalized spacial score (nSPS) is 11.0. The van der Waals surface area contributed by atoms with Crippen molar-refractivity contribution in [2.45, 2.75) is 13.3 Å². The summed E-state index contributed by atoms with van der Waals surface area (Å²) in [7, 11) is 4.78. The van der Waals surface area contributed by atoms with Crippen LogP contribution in [0.15, 0.2) is 6.07 Å². The molecule has 2 rings (SSSR count). The quantitative estimate of drug-likeness (QED) is 0.716. The van der Waals surface area contributed by atoms with Crippen LogP contribution in [0, 0.1) is 6.92 Å². The van der Waals surface area contributed by atoms with E-state index in [2.05, 4.69) is 9.84 Å². The standard InChI is InChI=1S/C15H21N3O4S/c1-10-11-9-12(23-15(11)17(2)16-10)14(20)18(7-8-21-3)6-5-13(19)22-4/h9H,5-8H2,1-4H3. The number of hydrogen-bond acceptors (Lipinski definition) is 6. The summed E-state index contributed by atoms with van der Waals surface area (Å²) < 4.78 is 11.5. The highest BCUT2D eigenvalue weighted by molar-refractivity contribution is 7.20. The second-order valence-corrected chi connectivity index (χ2v) is 6.18. The lowest BCUT2D eigenvalue weighted by Gasteiger charge is -2.21. The number of hydrogen-bond donors (Lipinski definition) is 0. The van der Waals surface area contributed by atoms with Gasteiger partial charge in [-0.2, -0.15) is 5.10 Å². The number of carbonyl (C=O) groups is 2. The third kappa shape index (κ3) is 3.89. The summed E-state index contributed by atoms with van der Waals surface area (Å²) >= 11 is 1.41. The molecule has 0 radical (unpaired) electrons. The van der Waals surface area contributed by atoms with Gasteiger partial charge in [-0.25, -0.2) is 0 Å². The lowest BCUT2D eigenvalue weighted by Crippen LogP contribution is -2.35. The second kappa shape index (κ2) is 7.56. The van der Waals surface area contributed by atoms with Crippen LogP contribution < -0.4 is 0 Å². The summed E-state index contributed by atoms with van der Waals surface area (Å²) in [5, 5.41) is 5.32. The highest BCUT2D eigenvalue weighted by Gasteiger charge is 2.21. The van der Waals surface area contributed by atoms with E-state index in [-0.39, 0.29) is 18.3 Å². The Kier molecular flexibility index (Phi) is 5.73. The molecule has 0 atom stereocenters. The number of nitrogens with zero attached hydrogens (tertiary/aromatic N) is 3. The Hall–Kier alpha value is -1.93. The molecule has 2 heterocycles. The van der Waals surface area contributed by atoms with Crippen LogP contribution in [0.3, 0.4) is 0 Å². The van der Waals surface area contributed by atoms with Gasteiger partial charge in [0.2, 0.25) is 0 Å². The van der Waals surface area contributed by atoms with E-state index < -0.39 is 0 Å². The Morgan fingerprint density at radius 1 is 1.35 bits per heavy atom. The minimum Gasteiger partial charge on any atom is -0.469 e. The van der Waals surface area contributed by atoms with Gasteiger partial charge in [-0.15, -0.1) is 11.3 Å². The lowest BCUT2D eigenvalue weighted by atomic mass is 10.3. The first-order valence-electron chi connectivity index (χ1n) is 7.26. The summed E-state index contributed by atoms with van der Waals surface area (Å²) in [6.07, 6.45) is 0.164. The highest BCUT2D eigenvalue weighted by atomic mass is 32.1. The molecule has 0 unspecified atom stereocenters. The number of aromatic nitrogens is 2. The van der Waals surface area contributed by atoms with Gasteiger partial charge in [0.15, 0.2) is 0 Å². The molecule has 0 fully saturated rings. The van der Waals surface area contributed by atoms with Crippen molar-refractivity contribution in [1.82, 2.24) is 14.7 Å². The molecule has 2 aromatic heterocycles. The van der Waals surface area contributed by atoms with E-state index in [1.165, 1.54) is 18.4 Å². The zero-order valence-corrected chi connectivity index (χ0v) is 14.6. The Morgan fingerprint density at radius 2 is 2.09 bits per heavy atom. The minimum atomic E-state index is -0.336. The molecular formula is C15H21N3O4S. The molecule has 1 amide bonds. The van der Waals surface area contributed by atoms with Crippen LogP contribution in [0.5, 0.6) is 0 Å². The number of ether oxygens (including phenoxy) is 2. The van der Waals surface area contributed by atoms with Crippen LogP contribution in [-0.4, -0.2) is 60.5 Å². The van der Waals surface area contributed by atoms with Crippen molar-refractivity contribution >= 4 is 33.4 Å². The summed E-state index contributed by atoms with van der Waals surface area (Å²) in [5.74, 6) is -0.442. The van der Waals surface area contributed by atoms with Crippen molar-refractivity contribution in [3.8, 4) is 0 Å². The van der Waals surface area contributed by atoms with E-state index in [1.54, 1.807) is 16.7 Å². The van der Waals surface area contributed by atoms with Crippen molar-refractivity contribution in [3.05, 3.63) is 16.6 Å². The average molecular weight is 339 g/mol. The van der Waals surface area contributed by atoms with Crippen LogP contribution >= 0.6 is 11.3 Å². The zero-order valence-electron chi connectivity index (χ0n) is 13.8. The second-order valence-electron chi connectivity index (χ2n) is 5.15. The predicted octanol–water partition coefficient (Wildman–Crippen LogP) is 1.59. The molecule has 23 heavy (non-hydrogen) atoms. The number of amides is 1. The van der Waals surface area contributed by atoms with Crippen LogP contribution in [0.25, 0.3) is 10.2 Å². The largest absolute Gasteiger partial charge is 0.469 e. The maximum atomic E-state index is 12.7. The van der Waals surface area contributed by atoms with Gasteiger partial charge in [-0.1, -0.05) is 0 Å². The predicted molar refractivity (Wildman–Crippen MR) is 87.7 cm³/mol. The molecule has 0 aliphatic heterocycles. The SMILES string of the molecule is COCCN(CCC(=O)OC)C(=O)c1cc2c(C)nn(C)c2s1. The molecule has 2 aromatic rings. The van der Waals surface area contributed by atoms with Crippen LogP contribution in [0.4, 0.5) is 0 Å². The first-order chi connectivity index (χ1) is 11.0. The first kappa shape index (κ1) is 17.4. The fourth-order valence-corrected chi connectivity index (χ4v) is 3.40. The molecule has 0 aromatic carbocycles. The number of fused-ring (bicyclic) bond motifs is 1. The molecule has 8 heteroatoms. The van der Waals surface area contributed by atoms with Gasteiger partial charge in [-0.3, -0.25) is 14.3 Å². The molecule has 0 bridgehead atoms. The van der Waals surface area contributed by atoms with Crippen molar-refractivity contribution in [3.63, 3.8) is 0 Å². The third-order valence-corrected chi connectivity index (χ3v) is 4.76. The van der Waals surface area contributed by atoms with Gasteiger partial charge in [0.1, 0.15) is 4.83 Å². The smallest absolute Gasteiger partial charge is 0.307 e. The summed E-state index contributed by atoms with van der Waals surface area (Å²) in [5.41, 5.74) is 0.899. The van der Waals surface area contributed by atoms with E-state index in [0.29, 0.717) is 24.6 Å².